The molecule has 31 heavy (non-hydrogen) atoms. The molecule has 6 heteroatoms. The zero-order valence-electron chi connectivity index (χ0n) is 16.3. The van der Waals surface area contributed by atoms with E-state index in [0.29, 0.717) is 0 Å². The van der Waals surface area contributed by atoms with E-state index in [1.54, 1.807) is 12.1 Å². The molecule has 0 aliphatic carbocycles. The van der Waals surface area contributed by atoms with Gasteiger partial charge in [-0.1, -0.05) is 24.3 Å². The predicted octanol–water partition coefficient (Wildman–Crippen LogP) is 5.25. The maximum atomic E-state index is 9.47. The van der Waals surface area contributed by atoms with Crippen LogP contribution in [-0.2, 0) is 20.1 Å². The van der Waals surface area contributed by atoms with E-state index < -0.39 is 0 Å². The molecule has 3 heterocycles. The van der Waals surface area contributed by atoms with E-state index >= 15 is 0 Å². The number of aromatic hydroxyl groups is 2. The number of benzene rings is 2. The molecule has 155 valence electrons. The summed E-state index contributed by atoms with van der Waals surface area (Å²) < 4.78 is 0. The first-order valence-corrected chi connectivity index (χ1v) is 9.33. The number of pyridine rings is 3. The first-order valence-electron chi connectivity index (χ1n) is 9.33. The predicted molar refractivity (Wildman–Crippen MR) is 117 cm³/mol. The number of hydrogen-bond acceptors (Lipinski definition) is 5. The third-order valence-electron chi connectivity index (χ3n) is 4.43. The van der Waals surface area contributed by atoms with Gasteiger partial charge in [0.25, 0.3) is 0 Å². The van der Waals surface area contributed by atoms with Crippen molar-refractivity contribution in [2.45, 2.75) is 0 Å². The molecule has 5 nitrogen and oxygen atoms in total. The molecule has 3 aromatic heterocycles. The summed E-state index contributed by atoms with van der Waals surface area (Å²) in [6.07, 6.45) is 4.91. The minimum absolute atomic E-state index is 0. The quantitative estimate of drug-likeness (QED) is 0.277. The van der Waals surface area contributed by atoms with Crippen LogP contribution < -0.4 is 0 Å². The normalized spacial score (nSPS) is 9.94. The van der Waals surface area contributed by atoms with E-state index in [2.05, 4.69) is 33.2 Å². The van der Waals surface area contributed by atoms with Gasteiger partial charge >= 0.3 is 0 Å². The van der Waals surface area contributed by atoms with Crippen LogP contribution in [-0.4, -0.2) is 25.2 Å². The third-order valence-corrected chi connectivity index (χ3v) is 4.43. The number of nitrogens with zero attached hydrogens (tertiary/aromatic N) is 3. The molecule has 0 bridgehead atoms. The number of rotatable bonds is 2. The minimum Gasteiger partial charge on any atom is -0.506 e. The molecule has 1 radical (unpaired) electrons. The Morgan fingerprint density at radius 3 is 1.81 bits per heavy atom. The first-order chi connectivity index (χ1) is 14.7. The fourth-order valence-corrected chi connectivity index (χ4v) is 3.03. The molecule has 5 rings (SSSR count). The van der Waals surface area contributed by atoms with Gasteiger partial charge in [0.1, 0.15) is 22.9 Å². The molecule has 0 spiro atoms. The molecule has 0 aliphatic rings. The Morgan fingerprint density at radius 2 is 1.19 bits per heavy atom. The fourth-order valence-electron chi connectivity index (χ4n) is 3.03. The third kappa shape index (κ3) is 5.12. The standard InChI is InChI=1S/C15H10N.C10H8N2O2.Ir/c1-2-7-13(8-3-1)15-14-9-5-4-6-12(14)10-11-16-15;13-7-3-1-5-11-9(7)10-8(14)4-2-6-12-10;/h1-7,9-11H;1-6,13-14H;/q-1;;. The van der Waals surface area contributed by atoms with Gasteiger partial charge in [0.15, 0.2) is 0 Å². The summed E-state index contributed by atoms with van der Waals surface area (Å²) in [5, 5.41) is 21.3. The molecule has 0 saturated carbocycles. The van der Waals surface area contributed by atoms with Gasteiger partial charge in [0.05, 0.1) is 0 Å². The molecule has 0 fully saturated rings. The first kappa shape index (κ1) is 22.1. The van der Waals surface area contributed by atoms with Crippen LogP contribution in [0.25, 0.3) is 33.4 Å². The van der Waals surface area contributed by atoms with E-state index in [0.717, 1.165) is 11.3 Å². The van der Waals surface area contributed by atoms with E-state index in [1.807, 2.05) is 48.7 Å². The Kier molecular flexibility index (Phi) is 7.44. The van der Waals surface area contributed by atoms with Crippen LogP contribution in [0.5, 0.6) is 11.5 Å². The van der Waals surface area contributed by atoms with Gasteiger partial charge in [-0.15, -0.1) is 35.9 Å². The number of aromatic nitrogens is 3. The Hall–Kier alpha value is -3.60. The second kappa shape index (κ2) is 10.4. The van der Waals surface area contributed by atoms with Gasteiger partial charge in [-0.2, -0.15) is 0 Å². The average molecular weight is 585 g/mol. The maximum absolute atomic E-state index is 9.47. The van der Waals surface area contributed by atoms with Crippen LogP contribution in [0.3, 0.4) is 0 Å². The summed E-state index contributed by atoms with van der Waals surface area (Å²) >= 11 is 0. The molecule has 0 amide bonds. The zero-order valence-corrected chi connectivity index (χ0v) is 18.7. The van der Waals surface area contributed by atoms with E-state index in [1.165, 1.54) is 35.3 Å². The molecule has 0 atom stereocenters. The summed E-state index contributed by atoms with van der Waals surface area (Å²) in [6.45, 7) is 0. The average Bonchev–Trinajstić information content (AvgIpc) is 2.81. The van der Waals surface area contributed by atoms with Gasteiger partial charge in [0.2, 0.25) is 0 Å². The van der Waals surface area contributed by atoms with Crippen molar-refractivity contribution in [2.75, 3.05) is 0 Å². The van der Waals surface area contributed by atoms with Crippen molar-refractivity contribution >= 4 is 10.8 Å². The van der Waals surface area contributed by atoms with Crippen molar-refractivity contribution < 1.29 is 30.3 Å². The second-order valence-corrected chi connectivity index (χ2v) is 6.40. The van der Waals surface area contributed by atoms with E-state index in [-0.39, 0.29) is 43.0 Å². The number of fused-ring (bicyclic) bond motifs is 1. The fraction of sp³-hybridized carbons (Fsp3) is 0. The summed E-state index contributed by atoms with van der Waals surface area (Å²) in [4.78, 5) is 12.3. The molecular weight excluding hydrogens is 567 g/mol. The maximum Gasteiger partial charge on any atom is 0.143 e. The van der Waals surface area contributed by atoms with Crippen LogP contribution in [0.1, 0.15) is 0 Å². The summed E-state index contributed by atoms with van der Waals surface area (Å²) in [5.74, 6) is 0.00278. The van der Waals surface area contributed by atoms with Crippen molar-refractivity contribution in [1.29, 1.82) is 0 Å². The van der Waals surface area contributed by atoms with Gasteiger partial charge in [-0.3, -0.25) is 9.97 Å². The summed E-state index contributed by atoms with van der Waals surface area (Å²) in [6, 6.07) is 27.7. The van der Waals surface area contributed by atoms with Crippen molar-refractivity contribution in [3.8, 4) is 34.1 Å². The topological polar surface area (TPSA) is 79.1 Å². The summed E-state index contributed by atoms with van der Waals surface area (Å²) in [7, 11) is 0. The molecule has 0 unspecified atom stereocenters. The van der Waals surface area contributed by atoms with Crippen molar-refractivity contribution in [3.63, 3.8) is 0 Å². The second-order valence-electron chi connectivity index (χ2n) is 6.40. The van der Waals surface area contributed by atoms with Crippen molar-refractivity contribution in [2.24, 2.45) is 0 Å². The Morgan fingerprint density at radius 1 is 0.581 bits per heavy atom. The van der Waals surface area contributed by atoms with Crippen molar-refractivity contribution in [3.05, 3.63) is 104 Å². The van der Waals surface area contributed by atoms with E-state index in [9.17, 15) is 10.2 Å². The molecule has 0 saturated heterocycles. The van der Waals surface area contributed by atoms with Gasteiger partial charge < -0.3 is 15.2 Å². The zero-order chi connectivity index (χ0) is 20.8. The van der Waals surface area contributed by atoms with Crippen LogP contribution >= 0.6 is 0 Å². The monoisotopic (exact) mass is 585 g/mol. The van der Waals surface area contributed by atoms with Gasteiger partial charge in [0, 0.05) is 38.7 Å². The molecule has 5 aromatic rings. The molecule has 2 N–H and O–H groups in total. The smallest absolute Gasteiger partial charge is 0.143 e. The van der Waals surface area contributed by atoms with Crippen LogP contribution in [0.4, 0.5) is 0 Å². The molecule has 2 aromatic carbocycles. The summed E-state index contributed by atoms with van der Waals surface area (Å²) in [5.41, 5.74) is 2.61. The molecular formula is C25H18IrN3O2-. The van der Waals surface area contributed by atoms with Crippen LogP contribution in [0.2, 0.25) is 0 Å². The Labute approximate surface area is 193 Å². The van der Waals surface area contributed by atoms with Crippen molar-refractivity contribution in [1.82, 2.24) is 15.0 Å². The Balaban J connectivity index is 0.000000172. The van der Waals surface area contributed by atoms with Gasteiger partial charge in [-0.05, 0) is 46.8 Å². The van der Waals surface area contributed by atoms with Crippen LogP contribution in [0, 0.1) is 6.07 Å². The van der Waals surface area contributed by atoms with E-state index in [4.69, 9.17) is 0 Å². The van der Waals surface area contributed by atoms with Gasteiger partial charge in [-0.25, -0.2) is 0 Å². The number of hydrogen-bond donors (Lipinski definition) is 2. The Bertz CT molecular complexity index is 1230. The SMILES string of the molecule is Oc1cccnc1-c1ncccc1O.[Ir].[c-]1ccccc1-c1nccc2ccccc12. The largest absolute Gasteiger partial charge is 0.506 e. The van der Waals surface area contributed by atoms with Crippen LogP contribution in [0.15, 0.2) is 97.5 Å². The molecule has 0 aliphatic heterocycles. The minimum atomic E-state index is 0.